The van der Waals surface area contributed by atoms with Crippen LogP contribution >= 0.6 is 0 Å². The maximum absolute atomic E-state index is 13.6. The molecule has 2 N–H and O–H groups in total. The number of nitrogens with zero attached hydrogens (tertiary/aromatic N) is 2. The van der Waals surface area contributed by atoms with Crippen LogP contribution in [-0.4, -0.2) is 18.6 Å². The Balaban J connectivity index is 2.44. The van der Waals surface area contributed by atoms with E-state index in [0.29, 0.717) is 0 Å². The van der Waals surface area contributed by atoms with Gasteiger partial charge in [0, 0.05) is 12.1 Å². The molecule has 2 rings (SSSR count). The summed E-state index contributed by atoms with van der Waals surface area (Å²) in [4.78, 5) is 3.68. The Morgan fingerprint density at radius 1 is 1.50 bits per heavy atom. The number of sulfone groups is 1. The van der Waals surface area contributed by atoms with Gasteiger partial charge in [-0.1, -0.05) is 5.16 Å². The zero-order valence-corrected chi connectivity index (χ0v) is 10.2. The van der Waals surface area contributed by atoms with Crippen LogP contribution in [0.5, 0.6) is 0 Å². The quantitative estimate of drug-likeness (QED) is 0.896. The van der Waals surface area contributed by atoms with Crippen LogP contribution in [0.4, 0.5) is 10.1 Å². The first-order valence-electron chi connectivity index (χ1n) is 4.95. The Kier molecular flexibility index (Phi) is 3.04. The SMILES string of the molecule is Cc1nc(S(=O)(=O)Cc2ccon2)c(F)cc1N. The number of anilines is 1. The highest BCUT2D eigenvalue weighted by atomic mass is 32.2. The number of hydrogen-bond acceptors (Lipinski definition) is 6. The minimum Gasteiger partial charge on any atom is -0.397 e. The molecule has 0 spiro atoms. The zero-order valence-electron chi connectivity index (χ0n) is 9.42. The lowest BCUT2D eigenvalue weighted by molar-refractivity contribution is 0.413. The molecule has 0 aliphatic rings. The Labute approximate surface area is 103 Å². The Morgan fingerprint density at radius 2 is 2.22 bits per heavy atom. The Bertz CT molecular complexity index is 668. The van der Waals surface area contributed by atoms with Crippen LogP contribution < -0.4 is 5.73 Å². The molecule has 2 aromatic heterocycles. The molecule has 0 bridgehead atoms. The van der Waals surface area contributed by atoms with Crippen molar-refractivity contribution < 1.29 is 17.3 Å². The van der Waals surface area contributed by atoms with Crippen LogP contribution in [-0.2, 0) is 15.6 Å². The van der Waals surface area contributed by atoms with Crippen molar-refractivity contribution in [2.45, 2.75) is 17.7 Å². The van der Waals surface area contributed by atoms with Gasteiger partial charge in [0.2, 0.25) is 9.84 Å². The van der Waals surface area contributed by atoms with Crippen LogP contribution in [0.3, 0.4) is 0 Å². The number of halogens is 1. The molecular weight excluding hydrogens is 261 g/mol. The first kappa shape index (κ1) is 12.5. The molecule has 0 aromatic carbocycles. The van der Waals surface area contributed by atoms with E-state index in [0.717, 1.165) is 6.07 Å². The van der Waals surface area contributed by atoms with E-state index in [2.05, 4.69) is 14.7 Å². The van der Waals surface area contributed by atoms with E-state index in [1.54, 1.807) is 0 Å². The molecule has 2 aromatic rings. The average Bonchev–Trinajstić information content (AvgIpc) is 2.75. The third-order valence-electron chi connectivity index (χ3n) is 2.30. The standard InChI is InChI=1S/C10H10FN3O3S/c1-6-9(12)4-8(11)10(13-6)18(15,16)5-7-2-3-17-14-7/h2-4H,5,12H2,1H3. The second-order valence-electron chi connectivity index (χ2n) is 3.70. The van der Waals surface area contributed by atoms with Gasteiger partial charge >= 0.3 is 0 Å². The summed E-state index contributed by atoms with van der Waals surface area (Å²) in [6, 6.07) is 2.33. The second-order valence-corrected chi connectivity index (χ2v) is 5.60. The van der Waals surface area contributed by atoms with Crippen molar-refractivity contribution in [2.24, 2.45) is 0 Å². The summed E-state index contributed by atoms with van der Waals surface area (Å²) in [5.41, 5.74) is 5.99. The molecule has 0 amide bonds. The number of aryl methyl sites for hydroxylation is 1. The van der Waals surface area contributed by atoms with Crippen molar-refractivity contribution in [2.75, 3.05) is 5.73 Å². The lowest BCUT2D eigenvalue weighted by Gasteiger charge is -2.06. The largest absolute Gasteiger partial charge is 0.397 e. The normalized spacial score (nSPS) is 11.7. The molecule has 2 heterocycles. The van der Waals surface area contributed by atoms with E-state index >= 15 is 0 Å². The number of rotatable bonds is 3. The summed E-state index contributed by atoms with van der Waals surface area (Å²) < 4.78 is 42.0. The zero-order chi connectivity index (χ0) is 13.3. The molecule has 18 heavy (non-hydrogen) atoms. The van der Waals surface area contributed by atoms with Gasteiger partial charge in [0.1, 0.15) is 12.0 Å². The van der Waals surface area contributed by atoms with E-state index in [4.69, 9.17) is 5.73 Å². The minimum atomic E-state index is -3.92. The summed E-state index contributed by atoms with van der Waals surface area (Å²) >= 11 is 0. The monoisotopic (exact) mass is 271 g/mol. The second kappa shape index (κ2) is 4.37. The smallest absolute Gasteiger partial charge is 0.204 e. The van der Waals surface area contributed by atoms with Gasteiger partial charge in [0.15, 0.2) is 10.8 Å². The van der Waals surface area contributed by atoms with Crippen molar-refractivity contribution in [3.05, 3.63) is 35.6 Å². The van der Waals surface area contributed by atoms with Crippen LogP contribution in [0.25, 0.3) is 0 Å². The lowest BCUT2D eigenvalue weighted by atomic mass is 10.3. The molecule has 0 radical (unpaired) electrons. The highest BCUT2D eigenvalue weighted by molar-refractivity contribution is 7.90. The maximum Gasteiger partial charge on any atom is 0.204 e. The highest BCUT2D eigenvalue weighted by Crippen LogP contribution is 2.20. The first-order valence-corrected chi connectivity index (χ1v) is 6.60. The number of nitrogens with two attached hydrogens (primary N) is 1. The predicted molar refractivity (Wildman–Crippen MR) is 60.7 cm³/mol. The maximum atomic E-state index is 13.6. The third kappa shape index (κ3) is 2.33. The van der Waals surface area contributed by atoms with Gasteiger partial charge < -0.3 is 10.3 Å². The molecule has 0 atom stereocenters. The van der Waals surface area contributed by atoms with E-state index in [1.807, 2.05) is 0 Å². The van der Waals surface area contributed by atoms with E-state index < -0.39 is 26.4 Å². The predicted octanol–water partition coefficient (Wildman–Crippen LogP) is 1.07. The fourth-order valence-corrected chi connectivity index (χ4v) is 2.67. The average molecular weight is 271 g/mol. The van der Waals surface area contributed by atoms with Crippen LogP contribution in [0.2, 0.25) is 0 Å². The van der Waals surface area contributed by atoms with Gasteiger partial charge in [-0.15, -0.1) is 0 Å². The summed E-state index contributed by atoms with van der Waals surface area (Å²) in [5.74, 6) is -1.45. The van der Waals surface area contributed by atoms with Crippen LogP contribution in [0, 0.1) is 12.7 Å². The van der Waals surface area contributed by atoms with Gasteiger partial charge in [-0.25, -0.2) is 17.8 Å². The molecule has 6 nitrogen and oxygen atoms in total. The number of aromatic nitrogens is 2. The number of pyridine rings is 1. The van der Waals surface area contributed by atoms with Crippen LogP contribution in [0.15, 0.2) is 27.9 Å². The molecular formula is C10H10FN3O3S. The molecule has 96 valence electrons. The molecule has 0 aliphatic carbocycles. The van der Waals surface area contributed by atoms with E-state index in [-0.39, 0.29) is 17.1 Å². The van der Waals surface area contributed by atoms with Crippen LogP contribution in [0.1, 0.15) is 11.4 Å². The summed E-state index contributed by atoms with van der Waals surface area (Å²) in [5, 5.41) is 2.84. The summed E-state index contributed by atoms with van der Waals surface area (Å²) in [6.45, 7) is 1.50. The van der Waals surface area contributed by atoms with Crippen molar-refractivity contribution in [3.8, 4) is 0 Å². The van der Waals surface area contributed by atoms with Crippen molar-refractivity contribution in [3.63, 3.8) is 0 Å². The number of hydrogen-bond donors (Lipinski definition) is 1. The van der Waals surface area contributed by atoms with Crippen molar-refractivity contribution >= 4 is 15.5 Å². The molecule has 0 fully saturated rings. The lowest BCUT2D eigenvalue weighted by Crippen LogP contribution is -2.11. The van der Waals surface area contributed by atoms with Crippen molar-refractivity contribution in [1.29, 1.82) is 0 Å². The van der Waals surface area contributed by atoms with Gasteiger partial charge in [-0.2, -0.15) is 0 Å². The van der Waals surface area contributed by atoms with E-state index in [1.165, 1.54) is 19.3 Å². The molecule has 0 saturated carbocycles. The topological polar surface area (TPSA) is 99.1 Å². The van der Waals surface area contributed by atoms with Gasteiger partial charge in [0.05, 0.1) is 17.1 Å². The van der Waals surface area contributed by atoms with E-state index in [9.17, 15) is 12.8 Å². The third-order valence-corrected chi connectivity index (χ3v) is 3.85. The first-order chi connectivity index (χ1) is 8.40. The fourth-order valence-electron chi connectivity index (χ4n) is 1.37. The molecule has 0 aliphatic heterocycles. The molecule has 8 heteroatoms. The molecule has 0 unspecified atom stereocenters. The fraction of sp³-hybridized carbons (Fsp3) is 0.200. The van der Waals surface area contributed by atoms with Gasteiger partial charge in [-0.3, -0.25) is 0 Å². The Hall–Kier alpha value is -1.96. The summed E-state index contributed by atoms with van der Waals surface area (Å²) in [6.07, 6.45) is 1.24. The van der Waals surface area contributed by atoms with Gasteiger partial charge in [0.25, 0.3) is 0 Å². The van der Waals surface area contributed by atoms with Gasteiger partial charge in [-0.05, 0) is 6.92 Å². The Morgan fingerprint density at radius 3 is 2.83 bits per heavy atom. The highest BCUT2D eigenvalue weighted by Gasteiger charge is 2.24. The summed E-state index contributed by atoms with van der Waals surface area (Å²) in [7, 11) is -3.92. The van der Waals surface area contributed by atoms with Crippen molar-refractivity contribution in [1.82, 2.24) is 10.1 Å². The minimum absolute atomic E-state index is 0.105. The number of nitrogen functional groups attached to an aromatic ring is 1. The molecule has 0 saturated heterocycles.